The van der Waals surface area contributed by atoms with E-state index in [-0.39, 0.29) is 5.91 Å². The number of nitrogens with zero attached hydrogens (tertiary/aromatic N) is 1. The molecule has 1 amide bonds. The molecule has 1 fully saturated rings. The molecule has 3 aromatic rings. The Morgan fingerprint density at radius 3 is 2.83 bits per heavy atom. The van der Waals surface area contributed by atoms with E-state index >= 15 is 0 Å². The van der Waals surface area contributed by atoms with E-state index in [1.54, 1.807) is 0 Å². The van der Waals surface area contributed by atoms with Crippen molar-refractivity contribution in [1.82, 2.24) is 15.2 Å². The smallest absolute Gasteiger partial charge is 0.251 e. The van der Waals surface area contributed by atoms with Crippen LogP contribution in [0.25, 0.3) is 22.2 Å². The van der Waals surface area contributed by atoms with Crippen molar-refractivity contribution in [1.29, 1.82) is 0 Å². The third-order valence-electron chi connectivity index (χ3n) is 5.95. The Bertz CT molecular complexity index is 1010. The van der Waals surface area contributed by atoms with E-state index in [4.69, 9.17) is 23.2 Å². The summed E-state index contributed by atoms with van der Waals surface area (Å²) in [7, 11) is 0. The molecular formula is C24H27Cl2N3O. The minimum atomic E-state index is -0.0363. The van der Waals surface area contributed by atoms with Crippen molar-refractivity contribution in [3.8, 4) is 11.3 Å². The van der Waals surface area contributed by atoms with E-state index in [0.29, 0.717) is 28.2 Å². The minimum absolute atomic E-state index is 0.0363. The molecule has 1 atom stereocenters. The van der Waals surface area contributed by atoms with E-state index in [9.17, 15) is 4.79 Å². The average Bonchev–Trinajstić information content (AvgIpc) is 3.15. The van der Waals surface area contributed by atoms with Crippen LogP contribution in [0.1, 0.15) is 43.0 Å². The molecule has 0 aliphatic carbocycles. The predicted molar refractivity (Wildman–Crippen MR) is 126 cm³/mol. The van der Waals surface area contributed by atoms with E-state index in [1.165, 1.54) is 25.8 Å². The zero-order chi connectivity index (χ0) is 21.1. The highest BCUT2D eigenvalue weighted by Crippen LogP contribution is 2.31. The summed E-state index contributed by atoms with van der Waals surface area (Å²) in [6, 6.07) is 14.0. The van der Waals surface area contributed by atoms with Crippen LogP contribution in [0.2, 0.25) is 10.0 Å². The number of hydrogen-bond donors (Lipinski definition) is 2. The van der Waals surface area contributed by atoms with Crippen molar-refractivity contribution in [3.05, 3.63) is 58.1 Å². The zero-order valence-corrected chi connectivity index (χ0v) is 18.7. The van der Waals surface area contributed by atoms with Gasteiger partial charge in [-0.1, -0.05) is 41.8 Å². The Hall–Kier alpha value is -2.01. The lowest BCUT2D eigenvalue weighted by Crippen LogP contribution is -2.39. The highest BCUT2D eigenvalue weighted by atomic mass is 35.5. The van der Waals surface area contributed by atoms with Gasteiger partial charge in [0.15, 0.2) is 0 Å². The summed E-state index contributed by atoms with van der Waals surface area (Å²) in [5, 5.41) is 5.10. The second-order valence-electron chi connectivity index (χ2n) is 8.11. The summed E-state index contributed by atoms with van der Waals surface area (Å²) in [4.78, 5) is 18.5. The predicted octanol–water partition coefficient (Wildman–Crippen LogP) is 6.14. The second kappa shape index (κ2) is 9.42. The molecule has 6 heteroatoms. The van der Waals surface area contributed by atoms with Crippen LogP contribution in [-0.2, 0) is 0 Å². The van der Waals surface area contributed by atoms with Gasteiger partial charge in [0.2, 0.25) is 0 Å². The fourth-order valence-electron chi connectivity index (χ4n) is 4.19. The van der Waals surface area contributed by atoms with Crippen LogP contribution in [0.5, 0.6) is 0 Å². The molecule has 0 spiro atoms. The first kappa shape index (κ1) is 21.2. The van der Waals surface area contributed by atoms with Crippen molar-refractivity contribution in [2.24, 2.45) is 0 Å². The fourth-order valence-corrected chi connectivity index (χ4v) is 4.52. The summed E-state index contributed by atoms with van der Waals surface area (Å²) >= 11 is 12.2. The Labute approximate surface area is 187 Å². The van der Waals surface area contributed by atoms with Crippen molar-refractivity contribution in [2.75, 3.05) is 19.6 Å². The third kappa shape index (κ3) is 4.83. The maximum atomic E-state index is 12.6. The van der Waals surface area contributed by atoms with Crippen LogP contribution < -0.4 is 5.32 Å². The molecule has 1 saturated heterocycles. The molecule has 0 radical (unpaired) electrons. The molecule has 1 aromatic heterocycles. The highest BCUT2D eigenvalue weighted by Gasteiger charge is 2.17. The van der Waals surface area contributed by atoms with E-state index < -0.39 is 0 Å². The van der Waals surface area contributed by atoms with Gasteiger partial charge in [-0.2, -0.15) is 0 Å². The molecule has 1 unspecified atom stereocenters. The lowest BCUT2D eigenvalue weighted by molar-refractivity contribution is 0.0949. The van der Waals surface area contributed by atoms with Gasteiger partial charge in [-0.05, 0) is 68.6 Å². The largest absolute Gasteiger partial charge is 0.354 e. The minimum Gasteiger partial charge on any atom is -0.354 e. The molecule has 0 saturated carbocycles. The van der Waals surface area contributed by atoms with Gasteiger partial charge in [-0.25, -0.2) is 0 Å². The summed E-state index contributed by atoms with van der Waals surface area (Å²) in [6.45, 7) is 5.21. The van der Waals surface area contributed by atoms with Crippen molar-refractivity contribution >= 4 is 40.0 Å². The molecule has 2 N–H and O–H groups in total. The summed E-state index contributed by atoms with van der Waals surface area (Å²) < 4.78 is 0. The van der Waals surface area contributed by atoms with Crippen molar-refractivity contribution in [2.45, 2.75) is 38.6 Å². The maximum Gasteiger partial charge on any atom is 0.251 e. The Kier molecular flexibility index (Phi) is 6.67. The number of hydrogen-bond acceptors (Lipinski definition) is 2. The van der Waals surface area contributed by atoms with Gasteiger partial charge in [0.05, 0.1) is 10.0 Å². The Morgan fingerprint density at radius 2 is 2.00 bits per heavy atom. The molecule has 2 aromatic carbocycles. The standard InChI is InChI=1S/C24H27Cl2N3O/c1-16-6-2-3-10-29(16)11-5-9-27-24(30)18-8-4-7-17(12-18)22-14-19-13-20(25)21(26)15-23(19)28-22/h4,7-8,12-16,28H,2-3,5-6,9-11H2,1H3,(H,27,30). The number of H-pyrrole nitrogens is 1. The third-order valence-corrected chi connectivity index (χ3v) is 6.67. The number of likely N-dealkylation sites (tertiary alicyclic amines) is 1. The topological polar surface area (TPSA) is 48.1 Å². The van der Waals surface area contributed by atoms with E-state index in [2.05, 4.69) is 22.1 Å². The first-order valence-electron chi connectivity index (χ1n) is 10.6. The molecule has 0 bridgehead atoms. The number of aromatic amines is 1. The van der Waals surface area contributed by atoms with Crippen molar-refractivity contribution < 1.29 is 4.79 Å². The number of piperidine rings is 1. The van der Waals surface area contributed by atoms with Gasteiger partial charge in [-0.15, -0.1) is 0 Å². The average molecular weight is 444 g/mol. The second-order valence-corrected chi connectivity index (χ2v) is 8.92. The normalized spacial score (nSPS) is 17.4. The molecule has 158 valence electrons. The van der Waals surface area contributed by atoms with Gasteiger partial charge >= 0.3 is 0 Å². The van der Waals surface area contributed by atoms with Gasteiger partial charge in [0, 0.05) is 41.3 Å². The quantitative estimate of drug-likeness (QED) is 0.449. The number of halogens is 2. The van der Waals surface area contributed by atoms with E-state index in [1.807, 2.05) is 42.5 Å². The maximum absolute atomic E-state index is 12.6. The van der Waals surface area contributed by atoms with E-state index in [0.717, 1.165) is 35.1 Å². The van der Waals surface area contributed by atoms with Gasteiger partial charge in [0.1, 0.15) is 0 Å². The molecule has 1 aliphatic heterocycles. The summed E-state index contributed by atoms with van der Waals surface area (Å²) in [6.07, 6.45) is 4.88. The number of aromatic nitrogens is 1. The molecule has 1 aliphatic rings. The monoisotopic (exact) mass is 443 g/mol. The zero-order valence-electron chi connectivity index (χ0n) is 17.2. The van der Waals surface area contributed by atoms with Crippen LogP contribution in [0, 0.1) is 0 Å². The van der Waals surface area contributed by atoms with Gasteiger partial charge < -0.3 is 15.2 Å². The fraction of sp³-hybridized carbons (Fsp3) is 0.375. The molecule has 2 heterocycles. The highest BCUT2D eigenvalue weighted by molar-refractivity contribution is 6.42. The summed E-state index contributed by atoms with van der Waals surface area (Å²) in [5.74, 6) is -0.0363. The number of amides is 1. The summed E-state index contributed by atoms with van der Waals surface area (Å²) in [5.41, 5.74) is 3.46. The number of benzene rings is 2. The first-order chi connectivity index (χ1) is 14.5. The van der Waals surface area contributed by atoms with Gasteiger partial charge in [-0.3, -0.25) is 4.79 Å². The lowest BCUT2D eigenvalue weighted by Gasteiger charge is -2.33. The number of nitrogens with one attached hydrogen (secondary N) is 2. The number of rotatable bonds is 6. The lowest BCUT2D eigenvalue weighted by atomic mass is 10.0. The molecule has 30 heavy (non-hydrogen) atoms. The van der Waals surface area contributed by atoms with Crippen LogP contribution in [0.15, 0.2) is 42.5 Å². The SMILES string of the molecule is CC1CCCCN1CCCNC(=O)c1cccc(-c2cc3cc(Cl)c(Cl)cc3[nH]2)c1. The van der Waals surface area contributed by atoms with Crippen molar-refractivity contribution in [3.63, 3.8) is 0 Å². The van der Waals surface area contributed by atoms with Crippen LogP contribution in [0.4, 0.5) is 0 Å². The van der Waals surface area contributed by atoms with Crippen LogP contribution in [0.3, 0.4) is 0 Å². The first-order valence-corrected chi connectivity index (χ1v) is 11.4. The van der Waals surface area contributed by atoms with Crippen LogP contribution >= 0.6 is 23.2 Å². The number of carbonyl (C=O) groups excluding carboxylic acids is 1. The van der Waals surface area contributed by atoms with Crippen LogP contribution in [-0.4, -0.2) is 41.5 Å². The molecule has 4 nitrogen and oxygen atoms in total. The molecule has 4 rings (SSSR count). The number of carbonyl (C=O) groups is 1. The Balaban J connectivity index is 1.38. The number of fused-ring (bicyclic) bond motifs is 1. The Morgan fingerprint density at radius 1 is 1.17 bits per heavy atom. The molecular weight excluding hydrogens is 417 g/mol. The van der Waals surface area contributed by atoms with Gasteiger partial charge in [0.25, 0.3) is 5.91 Å².